The third kappa shape index (κ3) is 3.56. The molecule has 2 N–H and O–H groups in total. The molecule has 3 nitrogen and oxygen atoms in total. The van der Waals surface area contributed by atoms with E-state index in [2.05, 4.69) is 4.98 Å². The van der Waals surface area contributed by atoms with Crippen LogP contribution in [0.3, 0.4) is 0 Å². The average molecular weight is 243 g/mol. The van der Waals surface area contributed by atoms with E-state index in [0.717, 1.165) is 6.20 Å². The summed E-state index contributed by atoms with van der Waals surface area (Å²) in [4.78, 5) is 3.63. The molecule has 1 heterocycles. The van der Waals surface area contributed by atoms with E-state index in [-0.39, 0.29) is 23.9 Å². The molecule has 0 bridgehead atoms. The molecule has 0 unspecified atom stereocenters. The zero-order valence-electron chi connectivity index (χ0n) is 7.78. The van der Waals surface area contributed by atoms with E-state index in [0.29, 0.717) is 0 Å². The van der Waals surface area contributed by atoms with Crippen LogP contribution in [0.15, 0.2) is 18.3 Å². The molecule has 0 aromatic carbocycles. The quantitative estimate of drug-likeness (QED) is 0.864. The maximum atomic E-state index is 12.1. The monoisotopic (exact) mass is 242 g/mol. The molecule has 1 rings (SSSR count). The first kappa shape index (κ1) is 14.0. The highest BCUT2D eigenvalue weighted by atomic mass is 35.5. The Hall–Kier alpha value is -1.01. The zero-order valence-corrected chi connectivity index (χ0v) is 8.60. The lowest BCUT2D eigenvalue weighted by molar-refractivity contribution is -0.149. The van der Waals surface area contributed by atoms with Crippen LogP contribution in [0.2, 0.25) is 0 Å². The molecule has 0 radical (unpaired) electrons. The van der Waals surface area contributed by atoms with Gasteiger partial charge in [0.05, 0.1) is 7.11 Å². The van der Waals surface area contributed by atoms with Crippen molar-refractivity contribution in [1.82, 2.24) is 4.98 Å². The third-order valence-electron chi connectivity index (χ3n) is 1.68. The number of nitrogens with zero attached hydrogens (tertiary/aromatic N) is 1. The molecule has 0 aliphatic rings. The van der Waals surface area contributed by atoms with Crippen molar-refractivity contribution >= 4 is 12.4 Å². The van der Waals surface area contributed by atoms with Crippen molar-refractivity contribution in [2.24, 2.45) is 5.73 Å². The lowest BCUT2D eigenvalue weighted by atomic mass is 10.1. The van der Waals surface area contributed by atoms with Gasteiger partial charge in [0, 0.05) is 12.3 Å². The summed E-state index contributed by atoms with van der Waals surface area (Å²) >= 11 is 0. The van der Waals surface area contributed by atoms with Crippen molar-refractivity contribution < 1.29 is 17.9 Å². The summed E-state index contributed by atoms with van der Waals surface area (Å²) in [7, 11) is 1.38. The summed E-state index contributed by atoms with van der Waals surface area (Å²) in [5.41, 5.74) is 4.87. The van der Waals surface area contributed by atoms with E-state index in [4.69, 9.17) is 10.5 Å². The Morgan fingerprint density at radius 1 is 1.40 bits per heavy atom. The van der Waals surface area contributed by atoms with Crippen LogP contribution < -0.4 is 10.5 Å². The van der Waals surface area contributed by atoms with Crippen molar-refractivity contribution in [3.63, 3.8) is 0 Å². The number of alkyl halides is 3. The SMILES string of the molecule is COc1ccc([C@@H](N)C(F)(F)F)cn1.Cl. The Morgan fingerprint density at radius 3 is 2.33 bits per heavy atom. The predicted molar refractivity (Wildman–Crippen MR) is 51.0 cm³/mol. The minimum Gasteiger partial charge on any atom is -0.481 e. The summed E-state index contributed by atoms with van der Waals surface area (Å²) in [5, 5.41) is 0. The Bertz CT molecular complexity index is 302. The Kier molecular flexibility index (Phi) is 4.83. The van der Waals surface area contributed by atoms with Crippen molar-refractivity contribution in [3.8, 4) is 5.88 Å². The molecule has 0 amide bonds. The molecular weight excluding hydrogens is 233 g/mol. The van der Waals surface area contributed by atoms with Crippen LogP contribution in [0, 0.1) is 0 Å². The first-order valence-electron chi connectivity index (χ1n) is 3.77. The normalized spacial score (nSPS) is 12.9. The highest BCUT2D eigenvalue weighted by Crippen LogP contribution is 2.30. The molecule has 0 fully saturated rings. The van der Waals surface area contributed by atoms with E-state index < -0.39 is 12.2 Å². The number of aromatic nitrogens is 1. The third-order valence-corrected chi connectivity index (χ3v) is 1.68. The number of pyridine rings is 1. The summed E-state index contributed by atoms with van der Waals surface area (Å²) < 4.78 is 41.1. The van der Waals surface area contributed by atoms with Crippen LogP contribution in [-0.4, -0.2) is 18.3 Å². The molecule has 0 spiro atoms. The Labute approximate surface area is 90.8 Å². The molecule has 0 saturated carbocycles. The highest BCUT2D eigenvalue weighted by molar-refractivity contribution is 5.85. The van der Waals surface area contributed by atoms with Gasteiger partial charge in [0.2, 0.25) is 5.88 Å². The average Bonchev–Trinajstić information content (AvgIpc) is 2.15. The van der Waals surface area contributed by atoms with Gasteiger partial charge in [0.1, 0.15) is 6.04 Å². The molecule has 1 atom stereocenters. The van der Waals surface area contributed by atoms with Crippen molar-refractivity contribution in [1.29, 1.82) is 0 Å². The number of methoxy groups -OCH3 is 1. The molecule has 7 heteroatoms. The number of ether oxygens (including phenoxy) is 1. The van der Waals surface area contributed by atoms with E-state index in [1.165, 1.54) is 19.2 Å². The lowest BCUT2D eigenvalue weighted by Gasteiger charge is -2.15. The highest BCUT2D eigenvalue weighted by Gasteiger charge is 2.37. The van der Waals surface area contributed by atoms with Crippen molar-refractivity contribution in [2.45, 2.75) is 12.2 Å². The smallest absolute Gasteiger partial charge is 0.407 e. The molecule has 1 aromatic rings. The van der Waals surface area contributed by atoms with Gasteiger partial charge in [0.25, 0.3) is 0 Å². The van der Waals surface area contributed by atoms with Gasteiger partial charge in [-0.1, -0.05) is 6.07 Å². The summed E-state index contributed by atoms with van der Waals surface area (Å²) in [6.45, 7) is 0. The second-order valence-corrected chi connectivity index (χ2v) is 2.65. The molecule has 0 saturated heterocycles. The van der Waals surface area contributed by atoms with Gasteiger partial charge in [-0.3, -0.25) is 0 Å². The van der Waals surface area contributed by atoms with E-state index in [1.807, 2.05) is 0 Å². The van der Waals surface area contributed by atoms with E-state index in [1.54, 1.807) is 0 Å². The number of nitrogens with two attached hydrogens (primary N) is 1. The fourth-order valence-electron chi connectivity index (χ4n) is 0.885. The van der Waals surface area contributed by atoms with Crippen molar-refractivity contribution in [3.05, 3.63) is 23.9 Å². The van der Waals surface area contributed by atoms with Gasteiger partial charge in [-0.25, -0.2) is 4.98 Å². The van der Waals surface area contributed by atoms with Gasteiger partial charge in [-0.05, 0) is 5.56 Å². The fraction of sp³-hybridized carbons (Fsp3) is 0.375. The van der Waals surface area contributed by atoms with E-state index in [9.17, 15) is 13.2 Å². The second kappa shape index (κ2) is 5.18. The number of hydrogen-bond acceptors (Lipinski definition) is 3. The maximum absolute atomic E-state index is 12.1. The second-order valence-electron chi connectivity index (χ2n) is 2.65. The molecule has 0 aliphatic carbocycles. The zero-order chi connectivity index (χ0) is 10.8. The number of rotatable bonds is 2. The topological polar surface area (TPSA) is 48.1 Å². The maximum Gasteiger partial charge on any atom is 0.407 e. The first-order valence-corrected chi connectivity index (χ1v) is 3.77. The molecular formula is C8H10ClF3N2O. The molecule has 86 valence electrons. The number of hydrogen-bond donors (Lipinski definition) is 1. The Morgan fingerprint density at radius 2 is 2.00 bits per heavy atom. The minimum absolute atomic E-state index is 0. The molecule has 0 aliphatic heterocycles. The fourth-order valence-corrected chi connectivity index (χ4v) is 0.885. The van der Waals surface area contributed by atoms with Gasteiger partial charge < -0.3 is 10.5 Å². The van der Waals surface area contributed by atoms with Crippen LogP contribution >= 0.6 is 12.4 Å². The van der Waals surface area contributed by atoms with Crippen LogP contribution in [0.1, 0.15) is 11.6 Å². The summed E-state index contributed by atoms with van der Waals surface area (Å²) in [6.07, 6.45) is -3.40. The Balaban J connectivity index is 0.00000196. The van der Waals surface area contributed by atoms with Gasteiger partial charge in [-0.2, -0.15) is 13.2 Å². The van der Waals surface area contributed by atoms with Crippen LogP contribution in [0.4, 0.5) is 13.2 Å². The molecule has 1 aromatic heterocycles. The minimum atomic E-state index is -4.45. The lowest BCUT2D eigenvalue weighted by Crippen LogP contribution is -2.28. The predicted octanol–water partition coefficient (Wildman–Crippen LogP) is 2.07. The van der Waals surface area contributed by atoms with Crippen LogP contribution in [0.5, 0.6) is 5.88 Å². The first-order chi connectivity index (χ1) is 6.45. The van der Waals surface area contributed by atoms with E-state index >= 15 is 0 Å². The largest absolute Gasteiger partial charge is 0.481 e. The van der Waals surface area contributed by atoms with Gasteiger partial charge in [-0.15, -0.1) is 12.4 Å². The number of halogens is 4. The van der Waals surface area contributed by atoms with Gasteiger partial charge in [0.15, 0.2) is 0 Å². The summed E-state index contributed by atoms with van der Waals surface area (Å²) in [6, 6.07) is 0.575. The standard InChI is InChI=1S/C8H9F3N2O.ClH/c1-14-6-3-2-5(4-13-6)7(12)8(9,10)11;/h2-4,7H,12H2,1H3;1H/t7-;/m1./s1. The summed E-state index contributed by atoms with van der Waals surface area (Å²) in [5.74, 6) is 0.253. The van der Waals surface area contributed by atoms with Crippen LogP contribution in [0.25, 0.3) is 0 Å². The van der Waals surface area contributed by atoms with Crippen LogP contribution in [-0.2, 0) is 0 Å². The molecule has 15 heavy (non-hydrogen) atoms. The van der Waals surface area contributed by atoms with Crippen molar-refractivity contribution in [2.75, 3.05) is 7.11 Å². The van der Waals surface area contributed by atoms with Gasteiger partial charge >= 0.3 is 6.18 Å².